The summed E-state index contributed by atoms with van der Waals surface area (Å²) in [7, 11) is 1.76. The minimum absolute atomic E-state index is 0.505. The van der Waals surface area contributed by atoms with Crippen molar-refractivity contribution in [1.29, 1.82) is 0 Å². The fraction of sp³-hybridized carbons (Fsp3) is 1.00. The largest absolute Gasteiger partial charge is 0.383 e. The highest BCUT2D eigenvalue weighted by Crippen LogP contribution is 2.24. The van der Waals surface area contributed by atoms with Crippen LogP contribution in [-0.2, 0) is 4.74 Å². The zero-order valence-corrected chi connectivity index (χ0v) is 8.47. The number of ether oxygens (including phenoxy) is 1. The molecular formula is C10H21NO. The van der Waals surface area contributed by atoms with Crippen LogP contribution in [0.25, 0.3) is 0 Å². The van der Waals surface area contributed by atoms with Crippen LogP contribution in [0, 0.1) is 5.92 Å². The second-order valence-corrected chi connectivity index (χ2v) is 4.14. The van der Waals surface area contributed by atoms with E-state index in [1.807, 2.05) is 0 Å². The lowest BCUT2D eigenvalue weighted by Gasteiger charge is -2.18. The molecule has 0 radical (unpaired) electrons. The van der Waals surface area contributed by atoms with E-state index in [1.54, 1.807) is 7.11 Å². The molecule has 0 saturated heterocycles. The molecule has 0 aromatic heterocycles. The third-order valence-corrected chi connectivity index (χ3v) is 2.63. The lowest BCUT2D eigenvalue weighted by molar-refractivity contribution is 0.166. The average Bonchev–Trinajstić information content (AvgIpc) is 2.36. The zero-order valence-electron chi connectivity index (χ0n) is 8.47. The van der Waals surface area contributed by atoms with Gasteiger partial charge in [-0.05, 0) is 32.1 Å². The summed E-state index contributed by atoms with van der Waals surface area (Å²) >= 11 is 0. The van der Waals surface area contributed by atoms with Crippen LogP contribution in [0.5, 0.6) is 0 Å². The van der Waals surface area contributed by atoms with Gasteiger partial charge in [0.15, 0.2) is 0 Å². The third-order valence-electron chi connectivity index (χ3n) is 2.63. The molecule has 3 atom stereocenters. The molecule has 0 heterocycles. The van der Waals surface area contributed by atoms with Gasteiger partial charge >= 0.3 is 0 Å². The van der Waals surface area contributed by atoms with E-state index in [2.05, 4.69) is 19.2 Å². The standard InChI is InChI=1S/C10H21NO/c1-8-4-5-10(6-8)11-9(2)7-12-3/h8-11H,4-7H2,1-3H3. The Hall–Kier alpha value is -0.0800. The molecule has 1 aliphatic carbocycles. The van der Waals surface area contributed by atoms with Gasteiger partial charge in [0.05, 0.1) is 6.61 Å². The van der Waals surface area contributed by atoms with Crippen LogP contribution in [0.3, 0.4) is 0 Å². The Morgan fingerprint density at radius 1 is 1.50 bits per heavy atom. The summed E-state index contributed by atoms with van der Waals surface area (Å²) in [4.78, 5) is 0. The summed E-state index contributed by atoms with van der Waals surface area (Å²) in [5, 5.41) is 3.59. The molecule has 1 rings (SSSR count). The van der Waals surface area contributed by atoms with Crippen LogP contribution in [0.4, 0.5) is 0 Å². The molecule has 2 heteroatoms. The van der Waals surface area contributed by atoms with E-state index in [0.717, 1.165) is 18.6 Å². The summed E-state index contributed by atoms with van der Waals surface area (Å²) in [6.45, 7) is 5.35. The van der Waals surface area contributed by atoms with Crippen molar-refractivity contribution in [2.24, 2.45) is 5.92 Å². The molecule has 1 saturated carbocycles. The Morgan fingerprint density at radius 2 is 2.25 bits per heavy atom. The summed E-state index contributed by atoms with van der Waals surface area (Å²) in [6, 6.07) is 1.25. The minimum atomic E-state index is 0.505. The van der Waals surface area contributed by atoms with Crippen molar-refractivity contribution in [2.75, 3.05) is 13.7 Å². The van der Waals surface area contributed by atoms with E-state index in [-0.39, 0.29) is 0 Å². The second kappa shape index (κ2) is 4.83. The molecule has 0 aliphatic heterocycles. The molecule has 12 heavy (non-hydrogen) atoms. The van der Waals surface area contributed by atoms with E-state index in [4.69, 9.17) is 4.74 Å². The van der Waals surface area contributed by atoms with Crippen LogP contribution in [0.15, 0.2) is 0 Å². The molecule has 0 aromatic carbocycles. The lowest BCUT2D eigenvalue weighted by Crippen LogP contribution is -2.37. The number of hydrogen-bond donors (Lipinski definition) is 1. The third kappa shape index (κ3) is 3.11. The van der Waals surface area contributed by atoms with Crippen molar-refractivity contribution in [3.8, 4) is 0 Å². The Morgan fingerprint density at radius 3 is 2.75 bits per heavy atom. The van der Waals surface area contributed by atoms with Gasteiger partial charge in [0.25, 0.3) is 0 Å². The molecule has 0 spiro atoms. The Bertz CT molecular complexity index is 127. The van der Waals surface area contributed by atoms with Crippen molar-refractivity contribution in [1.82, 2.24) is 5.32 Å². The van der Waals surface area contributed by atoms with E-state index >= 15 is 0 Å². The topological polar surface area (TPSA) is 21.3 Å². The summed E-state index contributed by atoms with van der Waals surface area (Å²) in [5.74, 6) is 0.914. The molecule has 1 fully saturated rings. The molecule has 1 N–H and O–H groups in total. The van der Waals surface area contributed by atoms with Gasteiger partial charge in [0.1, 0.15) is 0 Å². The first-order chi connectivity index (χ1) is 5.72. The molecular weight excluding hydrogens is 150 g/mol. The van der Waals surface area contributed by atoms with E-state index < -0.39 is 0 Å². The molecule has 3 unspecified atom stereocenters. The van der Waals surface area contributed by atoms with Gasteiger partial charge in [-0.3, -0.25) is 0 Å². The first-order valence-electron chi connectivity index (χ1n) is 4.97. The number of nitrogens with one attached hydrogen (secondary N) is 1. The van der Waals surface area contributed by atoms with Crippen molar-refractivity contribution in [2.45, 2.75) is 45.2 Å². The van der Waals surface area contributed by atoms with Crippen LogP contribution in [0.1, 0.15) is 33.1 Å². The molecule has 2 nitrogen and oxygen atoms in total. The molecule has 0 amide bonds. The van der Waals surface area contributed by atoms with Gasteiger partial charge in [-0.25, -0.2) is 0 Å². The van der Waals surface area contributed by atoms with E-state index in [0.29, 0.717) is 6.04 Å². The van der Waals surface area contributed by atoms with Crippen LogP contribution < -0.4 is 5.32 Å². The predicted molar refractivity (Wildman–Crippen MR) is 51.3 cm³/mol. The maximum Gasteiger partial charge on any atom is 0.0613 e. The van der Waals surface area contributed by atoms with Gasteiger partial charge in [0, 0.05) is 19.2 Å². The normalized spacial score (nSPS) is 32.2. The molecule has 72 valence electrons. The molecule has 0 aromatic rings. The van der Waals surface area contributed by atoms with Gasteiger partial charge in [0.2, 0.25) is 0 Å². The maximum absolute atomic E-state index is 5.08. The molecule has 0 bridgehead atoms. The second-order valence-electron chi connectivity index (χ2n) is 4.14. The SMILES string of the molecule is COCC(C)NC1CCC(C)C1. The predicted octanol–water partition coefficient (Wildman–Crippen LogP) is 1.80. The van der Waals surface area contributed by atoms with Gasteiger partial charge in [-0.2, -0.15) is 0 Å². The van der Waals surface area contributed by atoms with Gasteiger partial charge < -0.3 is 10.1 Å². The summed E-state index contributed by atoms with van der Waals surface area (Å²) in [5.41, 5.74) is 0. The van der Waals surface area contributed by atoms with Crippen molar-refractivity contribution < 1.29 is 4.74 Å². The fourth-order valence-corrected chi connectivity index (χ4v) is 2.06. The summed E-state index contributed by atoms with van der Waals surface area (Å²) < 4.78 is 5.08. The molecule has 1 aliphatic rings. The maximum atomic E-state index is 5.08. The minimum Gasteiger partial charge on any atom is -0.383 e. The first-order valence-corrected chi connectivity index (χ1v) is 4.97. The van der Waals surface area contributed by atoms with Gasteiger partial charge in [-0.1, -0.05) is 6.92 Å². The quantitative estimate of drug-likeness (QED) is 0.696. The first kappa shape index (κ1) is 10.0. The number of methoxy groups -OCH3 is 1. The number of hydrogen-bond acceptors (Lipinski definition) is 2. The highest BCUT2D eigenvalue weighted by atomic mass is 16.5. The monoisotopic (exact) mass is 171 g/mol. The number of rotatable bonds is 4. The lowest BCUT2D eigenvalue weighted by atomic mass is 10.1. The smallest absolute Gasteiger partial charge is 0.0613 e. The van der Waals surface area contributed by atoms with E-state index in [1.165, 1.54) is 19.3 Å². The zero-order chi connectivity index (χ0) is 8.97. The van der Waals surface area contributed by atoms with Crippen LogP contribution in [-0.4, -0.2) is 25.8 Å². The Labute approximate surface area is 75.7 Å². The van der Waals surface area contributed by atoms with Crippen molar-refractivity contribution in [3.05, 3.63) is 0 Å². The highest BCUT2D eigenvalue weighted by Gasteiger charge is 2.21. The Balaban J connectivity index is 2.14. The van der Waals surface area contributed by atoms with Crippen molar-refractivity contribution in [3.63, 3.8) is 0 Å². The summed E-state index contributed by atoms with van der Waals surface area (Å²) in [6.07, 6.45) is 4.07. The van der Waals surface area contributed by atoms with Crippen LogP contribution >= 0.6 is 0 Å². The average molecular weight is 171 g/mol. The van der Waals surface area contributed by atoms with Crippen molar-refractivity contribution >= 4 is 0 Å². The highest BCUT2D eigenvalue weighted by molar-refractivity contribution is 4.80. The van der Waals surface area contributed by atoms with E-state index in [9.17, 15) is 0 Å². The van der Waals surface area contributed by atoms with Crippen LogP contribution in [0.2, 0.25) is 0 Å². The van der Waals surface area contributed by atoms with Gasteiger partial charge in [-0.15, -0.1) is 0 Å². The fourth-order valence-electron chi connectivity index (χ4n) is 2.06. The Kier molecular flexibility index (Phi) is 4.02.